The zero-order chi connectivity index (χ0) is 11.5. The van der Waals surface area contributed by atoms with Crippen LogP contribution in [0.15, 0.2) is 24.3 Å². The molecule has 0 atom stereocenters. The zero-order valence-electron chi connectivity index (χ0n) is 7.89. The minimum absolute atomic E-state index is 0.214. The van der Waals surface area contributed by atoms with Gasteiger partial charge in [-0.15, -0.1) is 0 Å². The van der Waals surface area contributed by atoms with Crippen LogP contribution in [-0.4, -0.2) is 18.9 Å². The Bertz CT molecular complexity index is 452. The van der Waals surface area contributed by atoms with Crippen LogP contribution in [-0.2, 0) is 15.1 Å². The number of nitrogens with one attached hydrogen (secondary N) is 2. The molecule has 82 valence electrons. The van der Waals surface area contributed by atoms with Crippen molar-refractivity contribution in [1.29, 1.82) is 0 Å². The Morgan fingerprint density at radius 1 is 1.20 bits per heavy atom. The largest absolute Gasteiger partial charge is 0.357 e. The first kappa shape index (κ1) is 11.5. The third-order valence-electron chi connectivity index (χ3n) is 1.45. The molecule has 1 aromatic rings. The first-order chi connectivity index (χ1) is 6.87. The summed E-state index contributed by atoms with van der Waals surface area (Å²) in [5.74, 6) is -0.217. The van der Waals surface area contributed by atoms with Crippen molar-refractivity contribution in [2.75, 3.05) is 10.0 Å². The quantitative estimate of drug-likeness (QED) is 0.671. The van der Waals surface area contributed by atoms with Crippen molar-refractivity contribution in [2.24, 2.45) is 0 Å². The first-order valence-electron chi connectivity index (χ1n) is 4.00. The second-order valence-corrected chi connectivity index (χ2v) is 3.99. The van der Waals surface area contributed by atoms with Crippen molar-refractivity contribution in [3.05, 3.63) is 24.3 Å². The molecule has 0 fully saturated rings. The molecule has 1 amide bonds. The van der Waals surface area contributed by atoms with Crippen molar-refractivity contribution < 1.29 is 17.8 Å². The van der Waals surface area contributed by atoms with Gasteiger partial charge in [-0.2, -0.15) is 8.42 Å². The lowest BCUT2D eigenvalue weighted by atomic mass is 10.3. The molecule has 15 heavy (non-hydrogen) atoms. The van der Waals surface area contributed by atoms with Crippen molar-refractivity contribution in [1.82, 2.24) is 0 Å². The Hall–Kier alpha value is -1.60. The van der Waals surface area contributed by atoms with Crippen LogP contribution in [0.3, 0.4) is 0 Å². The van der Waals surface area contributed by atoms with E-state index in [0.717, 1.165) is 0 Å². The summed E-state index contributed by atoms with van der Waals surface area (Å²) < 4.78 is 31.2. The fourth-order valence-electron chi connectivity index (χ4n) is 0.974. The number of carbonyl (C=O) groups excluding carboxylic acids is 1. The molecular formula is C8H10N2O4S. The van der Waals surface area contributed by atoms with E-state index in [-0.39, 0.29) is 11.6 Å². The lowest BCUT2D eigenvalue weighted by Gasteiger charge is -2.04. The van der Waals surface area contributed by atoms with Gasteiger partial charge in [-0.3, -0.25) is 14.1 Å². The number of benzene rings is 1. The van der Waals surface area contributed by atoms with Crippen molar-refractivity contribution in [3.8, 4) is 0 Å². The second-order valence-electron chi connectivity index (χ2n) is 2.84. The molecule has 0 aromatic heterocycles. The summed E-state index contributed by atoms with van der Waals surface area (Å²) >= 11 is 0. The van der Waals surface area contributed by atoms with Crippen molar-refractivity contribution in [2.45, 2.75) is 6.92 Å². The fourth-order valence-corrected chi connectivity index (χ4v) is 1.41. The van der Waals surface area contributed by atoms with E-state index in [4.69, 9.17) is 4.55 Å². The first-order valence-corrected chi connectivity index (χ1v) is 5.44. The van der Waals surface area contributed by atoms with Crippen LogP contribution in [0, 0.1) is 0 Å². The maximum atomic E-state index is 10.7. The molecule has 0 saturated carbocycles. The lowest BCUT2D eigenvalue weighted by Crippen LogP contribution is -2.10. The van der Waals surface area contributed by atoms with Crippen LogP contribution in [0.5, 0.6) is 0 Å². The molecule has 3 N–H and O–H groups in total. The zero-order valence-corrected chi connectivity index (χ0v) is 8.71. The molecule has 0 heterocycles. The third-order valence-corrected chi connectivity index (χ3v) is 1.95. The van der Waals surface area contributed by atoms with Gasteiger partial charge in [0.25, 0.3) is 0 Å². The van der Waals surface area contributed by atoms with Gasteiger partial charge in [-0.05, 0) is 24.3 Å². The van der Waals surface area contributed by atoms with Crippen LogP contribution in [0.4, 0.5) is 11.4 Å². The van der Waals surface area contributed by atoms with Crippen molar-refractivity contribution in [3.63, 3.8) is 0 Å². The Morgan fingerprint density at radius 2 is 1.67 bits per heavy atom. The highest BCUT2D eigenvalue weighted by atomic mass is 32.2. The summed E-state index contributed by atoms with van der Waals surface area (Å²) in [7, 11) is -4.25. The molecule has 0 radical (unpaired) electrons. The van der Waals surface area contributed by atoms with Crippen LogP contribution in [0.25, 0.3) is 0 Å². The number of rotatable bonds is 3. The summed E-state index contributed by atoms with van der Waals surface area (Å²) in [4.78, 5) is 10.7. The number of hydrogen-bond donors (Lipinski definition) is 3. The van der Waals surface area contributed by atoms with Gasteiger partial charge >= 0.3 is 10.3 Å². The molecule has 6 nitrogen and oxygen atoms in total. The molecule has 0 aliphatic rings. The fraction of sp³-hybridized carbons (Fsp3) is 0.125. The summed E-state index contributed by atoms with van der Waals surface area (Å²) in [5.41, 5.74) is 0.759. The topological polar surface area (TPSA) is 95.5 Å². The molecule has 0 bridgehead atoms. The summed E-state index contributed by atoms with van der Waals surface area (Å²) in [6.07, 6.45) is 0. The van der Waals surface area contributed by atoms with Gasteiger partial charge in [0.15, 0.2) is 0 Å². The minimum Gasteiger partial charge on any atom is -0.326 e. The SMILES string of the molecule is CC(=O)Nc1ccc(NS(=O)(=O)O)cc1. The van der Waals surface area contributed by atoms with Gasteiger partial charge in [-0.1, -0.05) is 0 Å². The number of anilines is 2. The van der Waals surface area contributed by atoms with E-state index in [1.807, 2.05) is 4.72 Å². The molecule has 0 aliphatic carbocycles. The second kappa shape index (κ2) is 4.28. The van der Waals surface area contributed by atoms with Gasteiger partial charge in [0.1, 0.15) is 0 Å². The van der Waals surface area contributed by atoms with Gasteiger partial charge in [-0.25, -0.2) is 0 Å². The molecule has 0 unspecified atom stereocenters. The monoisotopic (exact) mass is 230 g/mol. The van der Waals surface area contributed by atoms with E-state index >= 15 is 0 Å². The smallest absolute Gasteiger partial charge is 0.326 e. The third kappa shape index (κ3) is 4.43. The standard InChI is InChI=1S/C8H10N2O4S/c1-6(11)9-7-2-4-8(5-3-7)10-15(12,13)14/h2-5,10H,1H3,(H,9,11)(H,12,13,14). The maximum absolute atomic E-state index is 10.7. The number of carbonyl (C=O) groups is 1. The van der Waals surface area contributed by atoms with E-state index in [9.17, 15) is 13.2 Å². The van der Waals surface area contributed by atoms with E-state index in [2.05, 4.69) is 5.32 Å². The van der Waals surface area contributed by atoms with Gasteiger partial charge < -0.3 is 5.32 Å². The lowest BCUT2D eigenvalue weighted by molar-refractivity contribution is -0.114. The molecular weight excluding hydrogens is 220 g/mol. The average molecular weight is 230 g/mol. The Labute approximate surface area is 87.2 Å². The van der Waals surface area contributed by atoms with E-state index in [1.54, 1.807) is 0 Å². The molecule has 1 aromatic carbocycles. The van der Waals surface area contributed by atoms with Crippen LogP contribution >= 0.6 is 0 Å². The average Bonchev–Trinajstić information content (AvgIpc) is 2.05. The van der Waals surface area contributed by atoms with E-state index < -0.39 is 10.3 Å². The highest BCUT2D eigenvalue weighted by Crippen LogP contribution is 2.14. The number of hydrogen-bond acceptors (Lipinski definition) is 3. The van der Waals surface area contributed by atoms with Gasteiger partial charge in [0.05, 0.1) is 5.69 Å². The normalized spacial score (nSPS) is 10.8. The molecule has 0 saturated heterocycles. The highest BCUT2D eigenvalue weighted by molar-refractivity contribution is 7.87. The summed E-state index contributed by atoms with van der Waals surface area (Å²) in [6, 6.07) is 5.85. The predicted octanol–water partition coefficient (Wildman–Crippen LogP) is 0.860. The predicted molar refractivity (Wildman–Crippen MR) is 55.9 cm³/mol. The van der Waals surface area contributed by atoms with E-state index in [1.165, 1.54) is 31.2 Å². The Kier molecular flexibility index (Phi) is 3.28. The van der Waals surface area contributed by atoms with Gasteiger partial charge in [0.2, 0.25) is 5.91 Å². The highest BCUT2D eigenvalue weighted by Gasteiger charge is 2.03. The molecule has 7 heteroatoms. The van der Waals surface area contributed by atoms with Crippen LogP contribution < -0.4 is 10.0 Å². The summed E-state index contributed by atoms with van der Waals surface area (Å²) in [5, 5.41) is 2.52. The Balaban J connectivity index is 2.77. The van der Waals surface area contributed by atoms with Crippen LogP contribution in [0.2, 0.25) is 0 Å². The summed E-state index contributed by atoms with van der Waals surface area (Å²) in [6.45, 7) is 1.37. The van der Waals surface area contributed by atoms with E-state index in [0.29, 0.717) is 5.69 Å². The molecule has 1 rings (SSSR count). The maximum Gasteiger partial charge on any atom is 0.357 e. The Morgan fingerprint density at radius 3 is 2.07 bits per heavy atom. The van der Waals surface area contributed by atoms with Crippen molar-refractivity contribution >= 4 is 27.6 Å². The molecule has 0 aliphatic heterocycles. The van der Waals surface area contributed by atoms with Gasteiger partial charge in [0, 0.05) is 12.6 Å². The number of amides is 1. The molecule has 0 spiro atoms. The van der Waals surface area contributed by atoms with Crippen LogP contribution in [0.1, 0.15) is 6.92 Å². The minimum atomic E-state index is -4.25.